The van der Waals surface area contributed by atoms with E-state index in [1.165, 1.54) is 7.11 Å². The van der Waals surface area contributed by atoms with Gasteiger partial charge in [0, 0.05) is 19.4 Å². The van der Waals surface area contributed by atoms with Gasteiger partial charge in [-0.3, -0.25) is 28.5 Å². The van der Waals surface area contributed by atoms with Crippen LogP contribution in [0.25, 0.3) is 0 Å². The largest absolute Gasteiger partial charge is 0.582 e. The van der Waals surface area contributed by atoms with Crippen molar-refractivity contribution in [3.8, 4) is 0 Å². The molecule has 0 spiro atoms. The zero-order valence-corrected chi connectivity index (χ0v) is 19.5. The number of carbonyl (C=O) groups excluding carboxylic acids is 2. The fourth-order valence-electron chi connectivity index (χ4n) is 2.84. The van der Waals surface area contributed by atoms with Crippen molar-refractivity contribution in [1.82, 2.24) is 14.2 Å². The summed E-state index contributed by atoms with van der Waals surface area (Å²) in [5.41, 5.74) is -1.51. The summed E-state index contributed by atoms with van der Waals surface area (Å²) < 4.78 is 55.8. The lowest BCUT2D eigenvalue weighted by molar-refractivity contribution is -0.137. The molecule has 0 saturated carbocycles. The Morgan fingerprint density at radius 3 is 2.45 bits per heavy atom. The number of hydrogen-bond donors (Lipinski definition) is 3. The Hall–Kier alpha value is -1.94. The number of rotatable bonds is 14. The highest BCUT2D eigenvalue weighted by Gasteiger charge is 2.52. The van der Waals surface area contributed by atoms with Crippen molar-refractivity contribution in [2.45, 2.75) is 24.5 Å². The number of thiol groups is 1. The molecule has 33 heavy (non-hydrogen) atoms. The van der Waals surface area contributed by atoms with Crippen LogP contribution in [-0.4, -0.2) is 77.5 Å². The van der Waals surface area contributed by atoms with Gasteiger partial charge in [0.15, 0.2) is 25.8 Å². The lowest BCUT2D eigenvalue weighted by atomic mass is 10.1. The van der Waals surface area contributed by atoms with Crippen molar-refractivity contribution >= 4 is 40.2 Å². The minimum absolute atomic E-state index is 0.00316. The molecule has 1 aromatic rings. The molecule has 16 nitrogen and oxygen atoms in total. The predicted octanol–water partition coefficient (Wildman–Crippen LogP) is -0.899. The van der Waals surface area contributed by atoms with Gasteiger partial charge in [-0.2, -0.15) is 0 Å². The average molecular weight is 532 g/mol. The molecule has 6 unspecified atom stereocenters. The first kappa shape index (κ1) is 27.3. The van der Waals surface area contributed by atoms with Crippen molar-refractivity contribution in [2.75, 3.05) is 27.2 Å². The van der Waals surface area contributed by atoms with Gasteiger partial charge in [-0.1, -0.05) is 0 Å². The third kappa shape index (κ3) is 7.27. The van der Waals surface area contributed by atoms with Gasteiger partial charge in [-0.25, -0.2) is 9.36 Å². The van der Waals surface area contributed by atoms with Gasteiger partial charge in [0.2, 0.25) is 0 Å². The van der Waals surface area contributed by atoms with Crippen LogP contribution in [-0.2, 0) is 46.7 Å². The first-order chi connectivity index (χ1) is 15.6. The Balaban J connectivity index is 2.26. The standard InChI is InChI=1S/C14H19N3O13P2S/c1-25-12-11(30-31(22)33)9(29-13(12)17-3-2-10(20)15-14(17)21)4-28-32(23,24)16(5-26-7-18)6-27-8-19/h2-3,7-9,11-13H,4-6H2,1H3,(H2-,15,20,21,22,23,24,33)/p+1. The van der Waals surface area contributed by atoms with Crippen molar-refractivity contribution in [3.63, 3.8) is 0 Å². The van der Waals surface area contributed by atoms with Crippen LogP contribution >= 0.6 is 27.2 Å². The number of carbonyl (C=O) groups is 2. The Kier molecular flexibility index (Phi) is 10.3. The SMILES string of the molecule is COC1C(O[P+](=O)S)C(COP(=O)(O)N(COC=O)COC=O)OC1n1ccc(=O)[nH]c1=O. The molecule has 2 N–H and O–H groups in total. The third-order valence-electron chi connectivity index (χ3n) is 4.24. The van der Waals surface area contributed by atoms with E-state index in [0.29, 0.717) is 4.67 Å². The summed E-state index contributed by atoms with van der Waals surface area (Å²) in [5, 5.41) is 0. The second-order valence-electron chi connectivity index (χ2n) is 6.17. The molecule has 0 aliphatic carbocycles. The maximum absolute atomic E-state index is 12.6. The van der Waals surface area contributed by atoms with Gasteiger partial charge in [0.25, 0.3) is 18.5 Å². The second-order valence-corrected chi connectivity index (χ2v) is 9.64. The fraction of sp³-hybridized carbons (Fsp3) is 0.571. The minimum Gasteiger partial charge on any atom is -0.451 e. The first-order valence-corrected chi connectivity index (χ1v) is 12.7. The van der Waals surface area contributed by atoms with Crippen LogP contribution in [0.5, 0.6) is 0 Å². The number of nitrogens with zero attached hydrogens (tertiary/aromatic N) is 2. The summed E-state index contributed by atoms with van der Waals surface area (Å²) in [6, 6.07) is 1.05. The Bertz CT molecular complexity index is 991. The Labute approximate surface area is 191 Å². The van der Waals surface area contributed by atoms with Gasteiger partial charge >= 0.3 is 20.7 Å². The number of aromatic amines is 1. The van der Waals surface area contributed by atoms with Crippen LogP contribution < -0.4 is 11.2 Å². The van der Waals surface area contributed by atoms with Gasteiger partial charge in [0.1, 0.15) is 24.5 Å². The molecule has 0 aromatic carbocycles. The summed E-state index contributed by atoms with van der Waals surface area (Å²) in [7, 11) is -6.00. The summed E-state index contributed by atoms with van der Waals surface area (Å²) in [6.07, 6.45) is -3.60. The van der Waals surface area contributed by atoms with E-state index in [2.05, 4.69) is 21.7 Å². The highest BCUT2D eigenvalue weighted by molar-refractivity contribution is 8.39. The van der Waals surface area contributed by atoms with E-state index >= 15 is 0 Å². The van der Waals surface area contributed by atoms with E-state index in [9.17, 15) is 33.2 Å². The van der Waals surface area contributed by atoms with Crippen LogP contribution in [0, 0.1) is 0 Å². The molecule has 1 saturated heterocycles. The number of aromatic nitrogens is 2. The van der Waals surface area contributed by atoms with Crippen LogP contribution in [0.3, 0.4) is 0 Å². The Morgan fingerprint density at radius 1 is 1.30 bits per heavy atom. The quantitative estimate of drug-likeness (QED) is 0.115. The van der Waals surface area contributed by atoms with E-state index in [0.717, 1.165) is 16.8 Å². The number of ether oxygens (including phenoxy) is 4. The van der Waals surface area contributed by atoms with E-state index in [-0.39, 0.29) is 12.9 Å². The van der Waals surface area contributed by atoms with Crippen molar-refractivity contribution < 1.29 is 51.6 Å². The third-order valence-corrected chi connectivity index (χ3v) is 6.38. The molecule has 2 rings (SSSR count). The predicted molar refractivity (Wildman–Crippen MR) is 109 cm³/mol. The molecule has 1 fully saturated rings. The van der Waals surface area contributed by atoms with Crippen LogP contribution in [0.4, 0.5) is 0 Å². The van der Waals surface area contributed by atoms with E-state index in [1.807, 2.05) is 4.98 Å². The Morgan fingerprint density at radius 2 is 1.94 bits per heavy atom. The molecule has 2 heterocycles. The summed E-state index contributed by atoms with van der Waals surface area (Å²) in [4.78, 5) is 56.6. The average Bonchev–Trinajstić information content (AvgIpc) is 3.08. The molecule has 19 heteroatoms. The fourth-order valence-corrected chi connectivity index (χ4v) is 4.56. The van der Waals surface area contributed by atoms with Gasteiger partial charge in [-0.15, -0.1) is 9.19 Å². The summed E-state index contributed by atoms with van der Waals surface area (Å²) in [5.74, 6) is 0. The minimum atomic E-state index is -4.73. The number of H-pyrrole nitrogens is 1. The molecule has 0 radical (unpaired) electrons. The van der Waals surface area contributed by atoms with Gasteiger partial charge < -0.3 is 23.8 Å². The molecule has 0 amide bonds. The highest BCUT2D eigenvalue weighted by Crippen LogP contribution is 2.48. The van der Waals surface area contributed by atoms with Crippen LogP contribution in [0.1, 0.15) is 6.23 Å². The van der Waals surface area contributed by atoms with Crippen LogP contribution in [0.15, 0.2) is 21.9 Å². The van der Waals surface area contributed by atoms with Crippen molar-refractivity contribution in [2.24, 2.45) is 0 Å². The molecule has 6 atom stereocenters. The lowest BCUT2D eigenvalue weighted by Gasteiger charge is -2.25. The summed E-state index contributed by atoms with van der Waals surface area (Å²) >= 11 is 3.69. The number of hydrogen-bond acceptors (Lipinski definition) is 12. The van der Waals surface area contributed by atoms with Crippen molar-refractivity contribution in [1.29, 1.82) is 0 Å². The van der Waals surface area contributed by atoms with E-state index < -0.39 is 70.8 Å². The van der Waals surface area contributed by atoms with Crippen molar-refractivity contribution in [3.05, 3.63) is 33.1 Å². The molecule has 1 aliphatic rings. The normalized spacial score (nSPS) is 24.8. The maximum atomic E-state index is 12.6. The second kappa shape index (κ2) is 12.5. The topological polar surface area (TPSA) is 202 Å². The molecular formula is C14H20N3O13P2S+. The van der Waals surface area contributed by atoms with E-state index in [1.54, 1.807) is 0 Å². The molecule has 1 aromatic heterocycles. The van der Waals surface area contributed by atoms with Crippen LogP contribution in [0.2, 0.25) is 0 Å². The monoisotopic (exact) mass is 532 g/mol. The highest BCUT2D eigenvalue weighted by atomic mass is 32.7. The maximum Gasteiger partial charge on any atom is 0.582 e. The lowest BCUT2D eigenvalue weighted by Crippen LogP contribution is -2.39. The smallest absolute Gasteiger partial charge is 0.451 e. The molecular weight excluding hydrogens is 512 g/mol. The zero-order chi connectivity index (χ0) is 24.6. The zero-order valence-electron chi connectivity index (χ0n) is 16.8. The molecule has 1 aliphatic heterocycles. The first-order valence-electron chi connectivity index (χ1n) is 8.80. The number of nitrogens with one attached hydrogen (secondary N) is 1. The van der Waals surface area contributed by atoms with Gasteiger partial charge in [0.05, 0.1) is 6.61 Å². The molecule has 0 bridgehead atoms. The summed E-state index contributed by atoms with van der Waals surface area (Å²) in [6.45, 7) is -2.19. The molecule has 184 valence electrons. The van der Waals surface area contributed by atoms with Gasteiger partial charge in [-0.05, 0) is 4.57 Å². The number of methoxy groups -OCH3 is 1. The van der Waals surface area contributed by atoms with E-state index in [4.69, 9.17) is 18.5 Å².